The van der Waals surface area contributed by atoms with E-state index in [1.165, 1.54) is 0 Å². The number of carbonyl (C=O) groups excluding carboxylic acids is 1. The van der Waals surface area contributed by atoms with Crippen molar-refractivity contribution < 1.29 is 4.79 Å². The number of hydrogen-bond donors (Lipinski definition) is 1. The van der Waals surface area contributed by atoms with Crippen LogP contribution in [0.4, 0.5) is 5.69 Å². The third-order valence-electron chi connectivity index (χ3n) is 3.27. The van der Waals surface area contributed by atoms with Crippen molar-refractivity contribution in [3.05, 3.63) is 54.1 Å². The van der Waals surface area contributed by atoms with E-state index >= 15 is 0 Å². The highest BCUT2D eigenvalue weighted by Crippen LogP contribution is 2.26. The summed E-state index contributed by atoms with van der Waals surface area (Å²) < 4.78 is 0. The van der Waals surface area contributed by atoms with Gasteiger partial charge >= 0.3 is 0 Å². The van der Waals surface area contributed by atoms with Crippen LogP contribution in [0.15, 0.2) is 48.5 Å². The predicted molar refractivity (Wildman–Crippen MR) is 84.7 cm³/mol. The lowest BCUT2D eigenvalue weighted by atomic mass is 9.95. The third-order valence-corrected chi connectivity index (χ3v) is 3.27. The molecule has 2 nitrogen and oxygen atoms in total. The summed E-state index contributed by atoms with van der Waals surface area (Å²) in [6, 6.07) is 16.3. The first-order valence-corrected chi connectivity index (χ1v) is 6.85. The van der Waals surface area contributed by atoms with Gasteiger partial charge in [-0.1, -0.05) is 63.2 Å². The fourth-order valence-corrected chi connectivity index (χ4v) is 1.88. The van der Waals surface area contributed by atoms with Crippen LogP contribution in [0.5, 0.6) is 0 Å². The van der Waals surface area contributed by atoms with Gasteiger partial charge in [0.2, 0.25) is 5.91 Å². The SMILES string of the molecule is Cc1ccc(-c2ccccc2)cc1NC(=O)C(C)(C)C. The van der Waals surface area contributed by atoms with Gasteiger partial charge in [-0.3, -0.25) is 4.79 Å². The monoisotopic (exact) mass is 267 g/mol. The van der Waals surface area contributed by atoms with Gasteiger partial charge in [-0.15, -0.1) is 0 Å². The molecule has 0 fully saturated rings. The molecule has 0 aliphatic heterocycles. The van der Waals surface area contributed by atoms with E-state index in [1.54, 1.807) is 0 Å². The van der Waals surface area contributed by atoms with Crippen LogP contribution < -0.4 is 5.32 Å². The highest BCUT2D eigenvalue weighted by atomic mass is 16.2. The second kappa shape index (κ2) is 5.49. The van der Waals surface area contributed by atoms with Crippen molar-refractivity contribution in [3.8, 4) is 11.1 Å². The molecule has 0 bridgehead atoms. The van der Waals surface area contributed by atoms with Gasteiger partial charge < -0.3 is 5.32 Å². The number of carbonyl (C=O) groups is 1. The average Bonchev–Trinajstić information content (AvgIpc) is 2.41. The molecule has 0 aromatic heterocycles. The smallest absolute Gasteiger partial charge is 0.229 e. The van der Waals surface area contributed by atoms with E-state index in [0.717, 1.165) is 22.4 Å². The molecule has 0 spiro atoms. The summed E-state index contributed by atoms with van der Waals surface area (Å²) in [7, 11) is 0. The molecule has 0 radical (unpaired) electrons. The summed E-state index contributed by atoms with van der Waals surface area (Å²) in [5, 5.41) is 3.02. The molecule has 0 heterocycles. The highest BCUT2D eigenvalue weighted by molar-refractivity contribution is 5.95. The standard InChI is InChI=1S/C18H21NO/c1-13-10-11-15(14-8-6-5-7-9-14)12-16(13)19-17(20)18(2,3)4/h5-12H,1-4H3,(H,19,20). The molecule has 20 heavy (non-hydrogen) atoms. The van der Waals surface area contributed by atoms with Gasteiger partial charge in [0.25, 0.3) is 0 Å². The van der Waals surface area contributed by atoms with Crippen molar-refractivity contribution in [3.63, 3.8) is 0 Å². The number of nitrogens with one attached hydrogen (secondary N) is 1. The normalized spacial score (nSPS) is 11.2. The van der Waals surface area contributed by atoms with Gasteiger partial charge in [0.1, 0.15) is 0 Å². The Labute approximate surface area is 120 Å². The first kappa shape index (κ1) is 14.3. The van der Waals surface area contributed by atoms with Crippen molar-refractivity contribution in [1.82, 2.24) is 0 Å². The summed E-state index contributed by atoms with van der Waals surface area (Å²) in [5.74, 6) is 0.0332. The summed E-state index contributed by atoms with van der Waals surface area (Å²) in [5.41, 5.74) is 3.82. The number of anilines is 1. The molecule has 2 aromatic rings. The fraction of sp³-hybridized carbons (Fsp3) is 0.278. The molecular weight excluding hydrogens is 246 g/mol. The Kier molecular flexibility index (Phi) is 3.93. The van der Waals surface area contributed by atoms with Crippen molar-refractivity contribution >= 4 is 11.6 Å². The van der Waals surface area contributed by atoms with Crippen molar-refractivity contribution in [2.45, 2.75) is 27.7 Å². The maximum Gasteiger partial charge on any atom is 0.229 e. The largest absolute Gasteiger partial charge is 0.325 e. The van der Waals surface area contributed by atoms with Crippen molar-refractivity contribution in [2.75, 3.05) is 5.32 Å². The highest BCUT2D eigenvalue weighted by Gasteiger charge is 2.21. The van der Waals surface area contributed by atoms with Gasteiger partial charge in [0.05, 0.1) is 0 Å². The first-order chi connectivity index (χ1) is 9.38. The molecule has 0 unspecified atom stereocenters. The van der Waals surface area contributed by atoms with E-state index in [-0.39, 0.29) is 5.91 Å². The van der Waals surface area contributed by atoms with Crippen LogP contribution in [-0.4, -0.2) is 5.91 Å². The number of benzene rings is 2. The van der Waals surface area contributed by atoms with E-state index < -0.39 is 5.41 Å². The molecule has 1 N–H and O–H groups in total. The predicted octanol–water partition coefficient (Wildman–Crippen LogP) is 4.65. The van der Waals surface area contributed by atoms with E-state index in [4.69, 9.17) is 0 Å². The zero-order chi connectivity index (χ0) is 14.8. The lowest BCUT2D eigenvalue weighted by Gasteiger charge is -2.19. The van der Waals surface area contributed by atoms with Gasteiger partial charge in [-0.25, -0.2) is 0 Å². The average molecular weight is 267 g/mol. The Hall–Kier alpha value is -2.09. The second-order valence-electron chi connectivity index (χ2n) is 6.10. The van der Waals surface area contributed by atoms with Crippen LogP contribution in [-0.2, 0) is 4.79 Å². The molecule has 0 atom stereocenters. The molecule has 104 valence electrons. The Morgan fingerprint density at radius 2 is 1.60 bits per heavy atom. The van der Waals surface area contributed by atoms with Crippen LogP contribution in [0.25, 0.3) is 11.1 Å². The summed E-state index contributed by atoms with van der Waals surface area (Å²) in [4.78, 5) is 12.1. The Morgan fingerprint density at radius 1 is 0.950 bits per heavy atom. The minimum absolute atomic E-state index is 0.0332. The Balaban J connectivity index is 2.33. The van der Waals surface area contributed by atoms with Gasteiger partial charge in [0, 0.05) is 11.1 Å². The van der Waals surface area contributed by atoms with Crippen LogP contribution in [0.3, 0.4) is 0 Å². The topological polar surface area (TPSA) is 29.1 Å². The molecule has 0 saturated carbocycles. The van der Waals surface area contributed by atoms with E-state index in [1.807, 2.05) is 58.0 Å². The Morgan fingerprint density at radius 3 is 2.20 bits per heavy atom. The van der Waals surface area contributed by atoms with Gasteiger partial charge in [0.15, 0.2) is 0 Å². The van der Waals surface area contributed by atoms with Crippen LogP contribution >= 0.6 is 0 Å². The molecule has 2 heteroatoms. The lowest BCUT2D eigenvalue weighted by molar-refractivity contribution is -0.123. The zero-order valence-electron chi connectivity index (χ0n) is 12.5. The summed E-state index contributed by atoms with van der Waals surface area (Å²) in [6.07, 6.45) is 0. The van der Waals surface area contributed by atoms with Crippen molar-refractivity contribution in [2.24, 2.45) is 5.41 Å². The molecule has 2 rings (SSSR count). The maximum atomic E-state index is 12.1. The molecule has 0 saturated heterocycles. The zero-order valence-corrected chi connectivity index (χ0v) is 12.5. The van der Waals surface area contributed by atoms with Crippen LogP contribution in [0.2, 0.25) is 0 Å². The molecular formula is C18H21NO. The van der Waals surface area contributed by atoms with E-state index in [2.05, 4.69) is 23.5 Å². The Bertz CT molecular complexity index is 609. The van der Waals surface area contributed by atoms with Crippen LogP contribution in [0, 0.1) is 12.3 Å². The minimum Gasteiger partial charge on any atom is -0.325 e. The van der Waals surface area contributed by atoms with Crippen LogP contribution in [0.1, 0.15) is 26.3 Å². The molecule has 0 aliphatic carbocycles. The molecule has 1 amide bonds. The second-order valence-corrected chi connectivity index (χ2v) is 6.10. The first-order valence-electron chi connectivity index (χ1n) is 6.85. The van der Waals surface area contributed by atoms with E-state index in [0.29, 0.717) is 0 Å². The molecule has 0 aliphatic rings. The van der Waals surface area contributed by atoms with E-state index in [9.17, 15) is 4.79 Å². The molecule has 2 aromatic carbocycles. The third kappa shape index (κ3) is 3.27. The number of aryl methyl sites for hydroxylation is 1. The quantitative estimate of drug-likeness (QED) is 0.843. The van der Waals surface area contributed by atoms with Crippen molar-refractivity contribution in [1.29, 1.82) is 0 Å². The summed E-state index contributed by atoms with van der Waals surface area (Å²) >= 11 is 0. The number of hydrogen-bond acceptors (Lipinski definition) is 1. The minimum atomic E-state index is -0.394. The fourth-order valence-electron chi connectivity index (χ4n) is 1.88. The van der Waals surface area contributed by atoms with Gasteiger partial charge in [-0.05, 0) is 29.7 Å². The summed E-state index contributed by atoms with van der Waals surface area (Å²) in [6.45, 7) is 7.75. The van der Waals surface area contributed by atoms with Gasteiger partial charge in [-0.2, -0.15) is 0 Å². The maximum absolute atomic E-state index is 12.1. The number of amides is 1. The number of rotatable bonds is 2. The lowest BCUT2D eigenvalue weighted by Crippen LogP contribution is -2.27.